The molecule has 1 heterocycles. The minimum absolute atomic E-state index is 0.0414. The lowest BCUT2D eigenvalue weighted by Gasteiger charge is -2.29. The Morgan fingerprint density at radius 3 is 2.15 bits per heavy atom. The van der Waals surface area contributed by atoms with Gasteiger partial charge in [0.15, 0.2) is 0 Å². The van der Waals surface area contributed by atoms with Gasteiger partial charge >= 0.3 is 0 Å². The van der Waals surface area contributed by atoms with E-state index in [1.54, 1.807) is 7.11 Å². The number of hydrogen-bond donors (Lipinski definition) is 0. The van der Waals surface area contributed by atoms with E-state index in [9.17, 15) is 0 Å². The SMILES string of the molecule is CCCCC(C)(C)c1nc2ccc(C(C)(CC)CCCC)cc2nc1OC. The highest BCUT2D eigenvalue weighted by Crippen LogP contribution is 2.37. The molecule has 0 N–H and O–H groups in total. The summed E-state index contributed by atoms with van der Waals surface area (Å²) in [6.45, 7) is 13.6. The molecule has 0 aliphatic carbocycles. The van der Waals surface area contributed by atoms with Gasteiger partial charge < -0.3 is 4.74 Å². The summed E-state index contributed by atoms with van der Waals surface area (Å²) in [7, 11) is 1.70. The van der Waals surface area contributed by atoms with Crippen LogP contribution < -0.4 is 4.74 Å². The fourth-order valence-electron chi connectivity index (χ4n) is 3.83. The third-order valence-corrected chi connectivity index (χ3v) is 6.18. The van der Waals surface area contributed by atoms with Crippen LogP contribution in [0.25, 0.3) is 11.0 Å². The molecule has 0 saturated heterocycles. The number of nitrogens with zero attached hydrogens (tertiary/aromatic N) is 2. The van der Waals surface area contributed by atoms with E-state index in [0.29, 0.717) is 5.88 Å². The first-order valence-electron chi connectivity index (χ1n) is 10.7. The van der Waals surface area contributed by atoms with Crippen molar-refractivity contribution < 1.29 is 4.74 Å². The quantitative estimate of drug-likeness (QED) is 0.453. The fraction of sp³-hybridized carbons (Fsp3) is 0.667. The highest BCUT2D eigenvalue weighted by atomic mass is 16.5. The van der Waals surface area contributed by atoms with Crippen LogP contribution in [0.1, 0.15) is 97.7 Å². The van der Waals surface area contributed by atoms with Crippen molar-refractivity contribution in [1.82, 2.24) is 9.97 Å². The van der Waals surface area contributed by atoms with Crippen molar-refractivity contribution in [3.63, 3.8) is 0 Å². The lowest BCUT2D eigenvalue weighted by Crippen LogP contribution is -2.22. The first-order chi connectivity index (χ1) is 12.8. The lowest BCUT2D eigenvalue weighted by atomic mass is 9.76. The van der Waals surface area contributed by atoms with Crippen LogP contribution in [0.2, 0.25) is 0 Å². The van der Waals surface area contributed by atoms with Gasteiger partial charge in [0.25, 0.3) is 0 Å². The van der Waals surface area contributed by atoms with Gasteiger partial charge in [0.1, 0.15) is 5.69 Å². The van der Waals surface area contributed by atoms with Crippen molar-refractivity contribution in [2.24, 2.45) is 0 Å². The Kier molecular flexibility index (Phi) is 7.25. The van der Waals surface area contributed by atoms with Gasteiger partial charge in [-0.1, -0.05) is 73.3 Å². The third kappa shape index (κ3) is 4.80. The van der Waals surface area contributed by atoms with Gasteiger partial charge in [-0.3, -0.25) is 0 Å². The van der Waals surface area contributed by atoms with Crippen LogP contribution in [0.15, 0.2) is 18.2 Å². The number of fused-ring (bicyclic) bond motifs is 1. The third-order valence-electron chi connectivity index (χ3n) is 6.18. The average molecular weight is 371 g/mol. The molecule has 150 valence electrons. The summed E-state index contributed by atoms with van der Waals surface area (Å²) in [5.74, 6) is 0.674. The molecule has 1 aromatic heterocycles. The molecular weight excluding hydrogens is 332 g/mol. The number of benzene rings is 1. The fourth-order valence-corrected chi connectivity index (χ4v) is 3.83. The maximum atomic E-state index is 5.66. The zero-order valence-electron chi connectivity index (χ0n) is 18.5. The highest BCUT2D eigenvalue weighted by molar-refractivity contribution is 5.76. The molecule has 0 aliphatic heterocycles. The minimum atomic E-state index is -0.0414. The molecule has 1 aromatic carbocycles. The van der Waals surface area contributed by atoms with E-state index < -0.39 is 0 Å². The summed E-state index contributed by atoms with van der Waals surface area (Å²) < 4.78 is 5.66. The monoisotopic (exact) mass is 370 g/mol. The summed E-state index contributed by atoms with van der Waals surface area (Å²) in [6, 6.07) is 6.63. The molecule has 0 radical (unpaired) electrons. The largest absolute Gasteiger partial charge is 0.480 e. The van der Waals surface area contributed by atoms with E-state index in [1.807, 2.05) is 0 Å². The van der Waals surface area contributed by atoms with Gasteiger partial charge in [-0.15, -0.1) is 0 Å². The van der Waals surface area contributed by atoms with Crippen molar-refractivity contribution in [1.29, 1.82) is 0 Å². The number of hydrogen-bond acceptors (Lipinski definition) is 3. The van der Waals surface area contributed by atoms with E-state index >= 15 is 0 Å². The van der Waals surface area contributed by atoms with Crippen molar-refractivity contribution in [2.45, 2.75) is 97.3 Å². The molecule has 1 unspecified atom stereocenters. The Bertz CT molecular complexity index is 753. The molecule has 0 spiro atoms. The topological polar surface area (TPSA) is 35.0 Å². The number of unbranched alkanes of at least 4 members (excludes halogenated alkanes) is 2. The highest BCUT2D eigenvalue weighted by Gasteiger charge is 2.28. The molecule has 2 aromatic rings. The van der Waals surface area contributed by atoms with Gasteiger partial charge in [0.05, 0.1) is 18.1 Å². The lowest BCUT2D eigenvalue weighted by molar-refractivity contribution is 0.361. The van der Waals surface area contributed by atoms with Crippen LogP contribution >= 0.6 is 0 Å². The molecule has 2 rings (SSSR count). The molecule has 3 nitrogen and oxygen atoms in total. The predicted molar refractivity (Wildman–Crippen MR) is 116 cm³/mol. The van der Waals surface area contributed by atoms with Gasteiger partial charge in [0.2, 0.25) is 5.88 Å². The predicted octanol–water partition coefficient (Wildman–Crippen LogP) is 6.96. The van der Waals surface area contributed by atoms with E-state index in [4.69, 9.17) is 14.7 Å². The minimum Gasteiger partial charge on any atom is -0.480 e. The normalized spacial score (nSPS) is 14.3. The average Bonchev–Trinajstić information content (AvgIpc) is 2.68. The first kappa shape index (κ1) is 21.7. The first-order valence-corrected chi connectivity index (χ1v) is 10.7. The Morgan fingerprint density at radius 1 is 0.889 bits per heavy atom. The van der Waals surface area contributed by atoms with Gasteiger partial charge in [-0.05, 0) is 42.4 Å². The van der Waals surface area contributed by atoms with E-state index in [-0.39, 0.29) is 10.8 Å². The number of aromatic nitrogens is 2. The van der Waals surface area contributed by atoms with Crippen LogP contribution in [-0.4, -0.2) is 17.1 Å². The summed E-state index contributed by atoms with van der Waals surface area (Å²) in [6.07, 6.45) is 8.27. The summed E-state index contributed by atoms with van der Waals surface area (Å²) >= 11 is 0. The van der Waals surface area contributed by atoms with Gasteiger partial charge in [-0.2, -0.15) is 0 Å². The summed E-state index contributed by atoms with van der Waals surface area (Å²) in [4.78, 5) is 9.87. The Labute approximate surface area is 166 Å². The molecule has 0 fully saturated rings. The maximum absolute atomic E-state index is 5.66. The van der Waals surface area contributed by atoms with Crippen LogP contribution in [0.4, 0.5) is 0 Å². The van der Waals surface area contributed by atoms with Gasteiger partial charge in [0, 0.05) is 5.41 Å². The molecule has 27 heavy (non-hydrogen) atoms. The molecule has 0 bridgehead atoms. The molecule has 0 saturated carbocycles. The second-order valence-electron chi connectivity index (χ2n) is 8.79. The van der Waals surface area contributed by atoms with Crippen LogP contribution in [0.3, 0.4) is 0 Å². The van der Waals surface area contributed by atoms with Crippen molar-refractivity contribution in [2.75, 3.05) is 7.11 Å². The Morgan fingerprint density at radius 2 is 1.56 bits per heavy atom. The van der Waals surface area contributed by atoms with Crippen LogP contribution in [-0.2, 0) is 10.8 Å². The number of ether oxygens (including phenoxy) is 1. The molecule has 1 atom stereocenters. The van der Waals surface area contributed by atoms with E-state index in [1.165, 1.54) is 37.7 Å². The zero-order chi connectivity index (χ0) is 20.1. The van der Waals surface area contributed by atoms with Crippen LogP contribution in [0, 0.1) is 0 Å². The van der Waals surface area contributed by atoms with E-state index in [2.05, 4.69) is 59.7 Å². The van der Waals surface area contributed by atoms with Gasteiger partial charge in [-0.25, -0.2) is 9.97 Å². The van der Waals surface area contributed by atoms with Crippen molar-refractivity contribution in [3.8, 4) is 5.88 Å². The number of methoxy groups -OCH3 is 1. The van der Waals surface area contributed by atoms with E-state index in [0.717, 1.165) is 29.6 Å². The second-order valence-corrected chi connectivity index (χ2v) is 8.79. The molecule has 3 heteroatoms. The van der Waals surface area contributed by atoms with Crippen LogP contribution in [0.5, 0.6) is 5.88 Å². The number of rotatable bonds is 10. The summed E-state index contributed by atoms with van der Waals surface area (Å²) in [5, 5.41) is 0. The zero-order valence-corrected chi connectivity index (χ0v) is 18.5. The summed E-state index contributed by atoms with van der Waals surface area (Å²) in [5.41, 5.74) is 4.39. The Balaban J connectivity index is 2.50. The maximum Gasteiger partial charge on any atom is 0.236 e. The Hall–Kier alpha value is -1.64. The second kappa shape index (κ2) is 9.03. The van der Waals surface area contributed by atoms with Crippen molar-refractivity contribution >= 4 is 11.0 Å². The molecule has 0 aliphatic rings. The smallest absolute Gasteiger partial charge is 0.236 e. The standard InChI is InChI=1S/C24H38N2O/c1-8-11-15-23(4,5)21-22(27-7)26-20-17-18(13-14-19(20)25-21)24(6,10-3)16-12-9-2/h13-14,17H,8-12,15-16H2,1-7H3. The molecule has 0 amide bonds. The van der Waals surface area contributed by atoms with Crippen molar-refractivity contribution in [3.05, 3.63) is 29.5 Å². The molecular formula is C24H38N2O.